The normalized spacial score (nSPS) is 29.0. The number of nitro groups is 1. The molecule has 0 aliphatic heterocycles. The van der Waals surface area contributed by atoms with E-state index in [2.05, 4.69) is 15.6 Å². The highest BCUT2D eigenvalue weighted by atomic mass is 16.6. The molecule has 1 aromatic carbocycles. The molecule has 180 valence electrons. The zero-order valence-corrected chi connectivity index (χ0v) is 19.2. The van der Waals surface area contributed by atoms with E-state index < -0.39 is 16.5 Å². The topological polar surface area (TPSA) is 127 Å². The van der Waals surface area contributed by atoms with Crippen molar-refractivity contribution in [2.75, 3.05) is 17.2 Å². The third-order valence-corrected chi connectivity index (χ3v) is 7.59. The lowest BCUT2D eigenvalue weighted by atomic mass is 9.52. The van der Waals surface area contributed by atoms with E-state index in [0.29, 0.717) is 25.3 Å². The van der Waals surface area contributed by atoms with Gasteiger partial charge in [-0.2, -0.15) is 0 Å². The number of carbonyl (C=O) groups is 1. The van der Waals surface area contributed by atoms with Crippen molar-refractivity contribution in [2.24, 2.45) is 17.8 Å². The zero-order chi connectivity index (χ0) is 23.9. The van der Waals surface area contributed by atoms with E-state index in [1.54, 1.807) is 6.92 Å². The molecule has 9 nitrogen and oxygen atoms in total. The van der Waals surface area contributed by atoms with E-state index in [-0.39, 0.29) is 47.2 Å². The smallest absolute Gasteiger partial charge is 0.342 e. The van der Waals surface area contributed by atoms with E-state index in [4.69, 9.17) is 4.74 Å². The van der Waals surface area contributed by atoms with Gasteiger partial charge in [0.15, 0.2) is 0 Å². The van der Waals surface area contributed by atoms with E-state index >= 15 is 0 Å². The number of pyridine rings is 1. The Bertz CT molecular complexity index is 1080. The van der Waals surface area contributed by atoms with Gasteiger partial charge in [0.25, 0.3) is 0 Å². The van der Waals surface area contributed by atoms with Gasteiger partial charge in [-0.3, -0.25) is 10.1 Å². The fourth-order valence-corrected chi connectivity index (χ4v) is 6.48. The first-order valence-corrected chi connectivity index (χ1v) is 12.0. The molecule has 1 aromatic heterocycles. The van der Waals surface area contributed by atoms with E-state index in [1.165, 1.54) is 6.20 Å². The average Bonchev–Trinajstić information content (AvgIpc) is 2.79. The summed E-state index contributed by atoms with van der Waals surface area (Å²) in [5.41, 5.74) is 0.293. The summed E-state index contributed by atoms with van der Waals surface area (Å²) in [4.78, 5) is 28.8. The van der Waals surface area contributed by atoms with Crippen molar-refractivity contribution in [3.8, 4) is 0 Å². The Morgan fingerprint density at radius 3 is 2.56 bits per heavy atom. The molecule has 0 radical (unpaired) electrons. The molecule has 6 rings (SSSR count). The lowest BCUT2D eigenvalue weighted by Crippen LogP contribution is -2.59. The minimum atomic E-state index is -0.641. The molecule has 4 aliphatic rings. The highest BCUT2D eigenvalue weighted by Gasteiger charge is 2.55. The molecule has 3 N–H and O–H groups in total. The number of esters is 1. The van der Waals surface area contributed by atoms with Crippen LogP contribution in [0.1, 0.15) is 54.9 Å². The van der Waals surface area contributed by atoms with Crippen LogP contribution in [0.15, 0.2) is 36.5 Å². The van der Waals surface area contributed by atoms with Crippen LogP contribution in [0.3, 0.4) is 0 Å². The number of nitrogens with zero attached hydrogens (tertiary/aromatic N) is 2. The number of rotatable bonds is 8. The number of hydrogen-bond donors (Lipinski definition) is 3. The van der Waals surface area contributed by atoms with Crippen LogP contribution in [-0.4, -0.2) is 39.2 Å². The highest BCUT2D eigenvalue weighted by molar-refractivity contribution is 5.99. The molecule has 1 heterocycles. The summed E-state index contributed by atoms with van der Waals surface area (Å²) >= 11 is 0. The van der Waals surface area contributed by atoms with E-state index in [9.17, 15) is 20.0 Å². The second-order valence-electron chi connectivity index (χ2n) is 9.93. The van der Waals surface area contributed by atoms with Gasteiger partial charge in [-0.25, -0.2) is 9.78 Å². The number of aromatic nitrogens is 1. The first-order valence-electron chi connectivity index (χ1n) is 12.0. The summed E-state index contributed by atoms with van der Waals surface area (Å²) in [6.07, 6.45) is 5.55. The Morgan fingerprint density at radius 2 is 1.94 bits per heavy atom. The highest BCUT2D eigenvalue weighted by Crippen LogP contribution is 2.56. The number of carbonyl (C=O) groups excluding carboxylic acids is 1. The van der Waals surface area contributed by atoms with Gasteiger partial charge < -0.3 is 20.5 Å². The first-order chi connectivity index (χ1) is 16.4. The third kappa shape index (κ3) is 4.20. The van der Waals surface area contributed by atoms with Gasteiger partial charge in [0.05, 0.1) is 17.1 Å². The van der Waals surface area contributed by atoms with E-state index in [0.717, 1.165) is 24.8 Å². The summed E-state index contributed by atoms with van der Waals surface area (Å²) in [7, 11) is 0. The van der Waals surface area contributed by atoms with Gasteiger partial charge in [0.1, 0.15) is 11.3 Å². The summed E-state index contributed by atoms with van der Waals surface area (Å²) in [6.45, 7) is 2.21. The quantitative estimate of drug-likeness (QED) is 0.301. The fourth-order valence-electron chi connectivity index (χ4n) is 6.48. The SMILES string of the molecule is CCOC(=O)c1cnc(NCc2ccccc2)c([N+](=O)[O-])c1NC1C2CC3CC1CC(O)(C3)C2. The van der Waals surface area contributed by atoms with Crippen molar-refractivity contribution < 1.29 is 19.6 Å². The Kier molecular flexibility index (Phi) is 5.89. The average molecular weight is 467 g/mol. The van der Waals surface area contributed by atoms with Gasteiger partial charge in [0, 0.05) is 18.8 Å². The number of hydrogen-bond acceptors (Lipinski definition) is 8. The Hall–Kier alpha value is -3.20. The molecule has 9 heteroatoms. The second-order valence-corrected chi connectivity index (χ2v) is 9.93. The molecule has 4 fully saturated rings. The lowest BCUT2D eigenvalue weighted by molar-refractivity contribution is -0.383. The fraction of sp³-hybridized carbons (Fsp3) is 0.520. The van der Waals surface area contributed by atoms with Crippen LogP contribution < -0.4 is 10.6 Å². The maximum absolute atomic E-state index is 12.7. The number of aliphatic hydroxyl groups is 1. The van der Waals surface area contributed by atoms with Crippen molar-refractivity contribution in [3.63, 3.8) is 0 Å². The number of benzene rings is 1. The standard InChI is InChI=1S/C25H30N4O5/c1-2-34-24(30)19-14-27-23(26-13-15-6-4-3-5-7-15)22(29(32)33)21(19)28-20-17-8-16-9-18(20)12-25(31,10-16)11-17/h3-7,14,16-18,20,31H,2,8-13H2,1H3,(H2,26,27,28). The molecule has 2 aromatic rings. The zero-order valence-electron chi connectivity index (χ0n) is 19.2. The molecule has 4 aliphatic carbocycles. The number of nitrogens with one attached hydrogen (secondary N) is 2. The molecule has 2 unspecified atom stereocenters. The van der Waals surface area contributed by atoms with Gasteiger partial charge in [0.2, 0.25) is 5.82 Å². The van der Waals surface area contributed by atoms with Gasteiger partial charge >= 0.3 is 11.7 Å². The predicted octanol–water partition coefficient (Wildman–Crippen LogP) is 4.13. The Morgan fingerprint density at radius 1 is 1.24 bits per heavy atom. The predicted molar refractivity (Wildman–Crippen MR) is 127 cm³/mol. The van der Waals surface area contributed by atoms with E-state index in [1.807, 2.05) is 30.3 Å². The molecule has 2 atom stereocenters. The maximum atomic E-state index is 12.7. The maximum Gasteiger partial charge on any atom is 0.342 e. The summed E-state index contributed by atoms with van der Waals surface area (Å²) in [6, 6.07) is 9.50. The van der Waals surface area contributed by atoms with Crippen LogP contribution in [0.25, 0.3) is 0 Å². The Labute approximate surface area is 198 Å². The molecular weight excluding hydrogens is 436 g/mol. The number of anilines is 2. The minimum absolute atomic E-state index is 0.0481. The van der Waals surface area contributed by atoms with Crippen LogP contribution >= 0.6 is 0 Å². The molecule has 4 bridgehead atoms. The van der Waals surface area contributed by atoms with Gasteiger partial charge in [-0.05, 0) is 62.3 Å². The second kappa shape index (κ2) is 8.87. The molecule has 4 saturated carbocycles. The van der Waals surface area contributed by atoms with Crippen LogP contribution in [-0.2, 0) is 11.3 Å². The lowest BCUT2D eigenvalue weighted by Gasteiger charge is -2.58. The molecular formula is C25H30N4O5. The first kappa shape index (κ1) is 22.6. The third-order valence-electron chi connectivity index (χ3n) is 7.59. The molecule has 0 spiro atoms. The van der Waals surface area contributed by atoms with Gasteiger partial charge in [-0.15, -0.1) is 0 Å². The summed E-state index contributed by atoms with van der Waals surface area (Å²) < 4.78 is 5.19. The van der Waals surface area contributed by atoms with Crippen LogP contribution in [0.4, 0.5) is 17.2 Å². The molecule has 34 heavy (non-hydrogen) atoms. The van der Waals surface area contributed by atoms with Crippen molar-refractivity contribution in [3.05, 3.63) is 57.8 Å². The van der Waals surface area contributed by atoms with Gasteiger partial charge in [-0.1, -0.05) is 30.3 Å². The summed E-state index contributed by atoms with van der Waals surface area (Å²) in [5, 5.41) is 29.7. The number of ether oxygens (including phenoxy) is 1. The molecule has 0 saturated heterocycles. The van der Waals surface area contributed by atoms with Crippen molar-refractivity contribution in [2.45, 2.75) is 57.2 Å². The minimum Gasteiger partial charge on any atom is -0.462 e. The van der Waals surface area contributed by atoms with Crippen molar-refractivity contribution >= 4 is 23.2 Å². The largest absolute Gasteiger partial charge is 0.462 e. The van der Waals surface area contributed by atoms with Crippen molar-refractivity contribution in [1.82, 2.24) is 4.98 Å². The van der Waals surface area contributed by atoms with Crippen LogP contribution in [0.2, 0.25) is 0 Å². The monoisotopic (exact) mass is 466 g/mol. The van der Waals surface area contributed by atoms with Crippen molar-refractivity contribution in [1.29, 1.82) is 0 Å². The summed E-state index contributed by atoms with van der Waals surface area (Å²) in [5.74, 6) is 0.379. The molecule has 0 amide bonds. The van der Waals surface area contributed by atoms with Crippen LogP contribution in [0, 0.1) is 27.9 Å². The van der Waals surface area contributed by atoms with Crippen LogP contribution in [0.5, 0.6) is 0 Å². The Balaban J connectivity index is 1.50.